The first kappa shape index (κ1) is 24.1. The summed E-state index contributed by atoms with van der Waals surface area (Å²) in [6, 6.07) is 19.7. The second kappa shape index (κ2) is 10.5. The molecule has 1 fully saturated rings. The van der Waals surface area contributed by atoms with Gasteiger partial charge in [-0.15, -0.1) is 6.58 Å². The molecule has 0 saturated carbocycles. The van der Waals surface area contributed by atoms with Crippen LogP contribution in [0.1, 0.15) is 36.5 Å². The van der Waals surface area contributed by atoms with Gasteiger partial charge in [-0.1, -0.05) is 54.6 Å². The molecule has 0 spiro atoms. The fourth-order valence-electron chi connectivity index (χ4n) is 5.18. The van der Waals surface area contributed by atoms with Crippen LogP contribution in [0.3, 0.4) is 0 Å². The van der Waals surface area contributed by atoms with Crippen LogP contribution < -0.4 is 9.64 Å². The van der Waals surface area contributed by atoms with E-state index in [1.807, 2.05) is 13.0 Å². The summed E-state index contributed by atoms with van der Waals surface area (Å²) in [7, 11) is 2.20. The summed E-state index contributed by atoms with van der Waals surface area (Å²) < 4.78 is 6.02. The molecule has 1 heterocycles. The molecule has 3 aromatic carbocycles. The van der Waals surface area contributed by atoms with Crippen LogP contribution in [0.25, 0.3) is 16.8 Å². The van der Waals surface area contributed by atoms with Gasteiger partial charge >= 0.3 is 0 Å². The summed E-state index contributed by atoms with van der Waals surface area (Å²) in [5, 5.41) is 2.38. The minimum atomic E-state index is 0.145. The zero-order chi connectivity index (χ0) is 24.1. The predicted molar refractivity (Wildman–Crippen MR) is 147 cm³/mol. The van der Waals surface area contributed by atoms with E-state index in [0.29, 0.717) is 6.61 Å². The van der Waals surface area contributed by atoms with Crippen molar-refractivity contribution in [3.8, 4) is 5.75 Å². The number of rotatable bonds is 9. The van der Waals surface area contributed by atoms with E-state index in [2.05, 4.69) is 97.6 Å². The summed E-state index contributed by atoms with van der Waals surface area (Å²) in [6.45, 7) is 17.2. The molecule has 0 aliphatic carbocycles. The number of ether oxygens (including phenoxy) is 1. The van der Waals surface area contributed by atoms with E-state index in [9.17, 15) is 0 Å². The quantitative estimate of drug-likeness (QED) is 0.321. The fraction of sp³-hybridized carbons (Fsp3) is 0.355. The number of likely N-dealkylation sites (tertiary alicyclic amines) is 1. The Balaban J connectivity index is 1.47. The van der Waals surface area contributed by atoms with Crippen LogP contribution in [0.4, 0.5) is 5.69 Å². The second-order valence-electron chi connectivity index (χ2n) is 9.71. The molecule has 178 valence electrons. The van der Waals surface area contributed by atoms with Crippen LogP contribution in [-0.4, -0.2) is 38.2 Å². The average Bonchev–Trinajstić information content (AvgIpc) is 2.85. The lowest BCUT2D eigenvalue weighted by Crippen LogP contribution is -2.44. The zero-order valence-electron chi connectivity index (χ0n) is 21.0. The Kier molecular flexibility index (Phi) is 7.43. The minimum absolute atomic E-state index is 0.145. The monoisotopic (exact) mass is 454 g/mol. The first-order chi connectivity index (χ1) is 16.5. The Hall–Kier alpha value is -3.04. The fourth-order valence-corrected chi connectivity index (χ4v) is 5.18. The van der Waals surface area contributed by atoms with Crippen molar-refractivity contribution in [1.82, 2.24) is 4.90 Å². The van der Waals surface area contributed by atoms with Crippen molar-refractivity contribution < 1.29 is 4.74 Å². The van der Waals surface area contributed by atoms with Crippen LogP contribution in [0.2, 0.25) is 0 Å². The molecule has 3 heteroatoms. The zero-order valence-corrected chi connectivity index (χ0v) is 21.0. The molecule has 3 nitrogen and oxygen atoms in total. The van der Waals surface area contributed by atoms with Crippen molar-refractivity contribution in [2.24, 2.45) is 5.41 Å². The number of hydrogen-bond acceptors (Lipinski definition) is 3. The molecule has 0 bridgehead atoms. The second-order valence-corrected chi connectivity index (χ2v) is 9.71. The average molecular weight is 455 g/mol. The van der Waals surface area contributed by atoms with E-state index in [4.69, 9.17) is 4.74 Å². The van der Waals surface area contributed by atoms with Crippen LogP contribution >= 0.6 is 0 Å². The number of anilines is 1. The minimum Gasteiger partial charge on any atom is -0.493 e. The maximum Gasteiger partial charge on any atom is 0.127 e. The van der Waals surface area contributed by atoms with Gasteiger partial charge in [-0.2, -0.15) is 0 Å². The molecule has 3 aromatic rings. The van der Waals surface area contributed by atoms with E-state index < -0.39 is 0 Å². The molecule has 4 rings (SSSR count). The standard InChI is InChI=1S/C31H38N2O/c1-6-26-10-9-11-28-29(26)20-25(21-30(28)34-8-3)22-33-18-16-31(7-2,17-19-33)23-32(5)27-14-12-24(4)13-15-27/h6-7,9-15,20-21H,1-2,8,16-19,22-23H2,3-5H3. The third-order valence-electron chi connectivity index (χ3n) is 7.29. The molecule has 1 saturated heterocycles. The van der Waals surface area contributed by atoms with E-state index in [1.54, 1.807) is 0 Å². The topological polar surface area (TPSA) is 15.7 Å². The van der Waals surface area contributed by atoms with Gasteiger partial charge in [0, 0.05) is 36.6 Å². The van der Waals surface area contributed by atoms with Crippen LogP contribution in [-0.2, 0) is 6.54 Å². The van der Waals surface area contributed by atoms with E-state index in [0.717, 1.165) is 55.7 Å². The Morgan fingerprint density at radius 1 is 1.03 bits per heavy atom. The number of fused-ring (bicyclic) bond motifs is 1. The van der Waals surface area contributed by atoms with Crippen molar-refractivity contribution in [3.05, 3.63) is 90.5 Å². The number of nitrogens with zero attached hydrogens (tertiary/aromatic N) is 2. The molecular weight excluding hydrogens is 416 g/mol. The van der Waals surface area contributed by atoms with Gasteiger partial charge in [-0.05, 0) is 80.6 Å². The Bertz CT molecular complexity index is 1140. The maximum absolute atomic E-state index is 6.02. The molecule has 0 amide bonds. The van der Waals surface area contributed by atoms with Gasteiger partial charge in [0.25, 0.3) is 0 Å². The highest BCUT2D eigenvalue weighted by atomic mass is 16.5. The van der Waals surface area contributed by atoms with E-state index >= 15 is 0 Å². The predicted octanol–water partition coefficient (Wildman–Crippen LogP) is 7.09. The van der Waals surface area contributed by atoms with E-state index in [-0.39, 0.29) is 5.41 Å². The summed E-state index contributed by atoms with van der Waals surface area (Å²) >= 11 is 0. The normalized spacial score (nSPS) is 15.7. The SMILES string of the molecule is C=Cc1cccc2c(OCC)cc(CN3CCC(C=C)(CN(C)c4ccc(C)cc4)CC3)cc12. The van der Waals surface area contributed by atoms with Gasteiger partial charge in [0.15, 0.2) is 0 Å². The number of aryl methyl sites for hydroxylation is 1. The van der Waals surface area contributed by atoms with Crippen LogP contribution in [0.15, 0.2) is 73.8 Å². The van der Waals surface area contributed by atoms with Gasteiger partial charge in [0.1, 0.15) is 5.75 Å². The van der Waals surface area contributed by atoms with Gasteiger partial charge in [0.2, 0.25) is 0 Å². The van der Waals surface area contributed by atoms with Crippen molar-refractivity contribution in [2.75, 3.05) is 38.2 Å². The summed E-state index contributed by atoms with van der Waals surface area (Å²) in [5.74, 6) is 0.968. The van der Waals surface area contributed by atoms with Crippen LogP contribution in [0, 0.1) is 12.3 Å². The lowest BCUT2D eigenvalue weighted by molar-refractivity contribution is 0.138. The molecule has 0 N–H and O–H groups in total. The van der Waals surface area contributed by atoms with Crippen molar-refractivity contribution >= 4 is 22.5 Å². The van der Waals surface area contributed by atoms with Gasteiger partial charge in [-0.25, -0.2) is 0 Å². The summed E-state index contributed by atoms with van der Waals surface area (Å²) in [4.78, 5) is 4.95. The summed E-state index contributed by atoms with van der Waals surface area (Å²) in [5.41, 5.74) is 5.17. The third-order valence-corrected chi connectivity index (χ3v) is 7.29. The Morgan fingerprint density at radius 2 is 1.76 bits per heavy atom. The Labute approximate surface area is 205 Å². The largest absolute Gasteiger partial charge is 0.493 e. The third kappa shape index (κ3) is 5.20. The smallest absolute Gasteiger partial charge is 0.127 e. The van der Waals surface area contributed by atoms with Crippen molar-refractivity contribution in [2.45, 2.75) is 33.2 Å². The highest BCUT2D eigenvalue weighted by Crippen LogP contribution is 2.36. The summed E-state index contributed by atoms with van der Waals surface area (Å²) in [6.07, 6.45) is 6.38. The molecular formula is C31H38N2O. The molecule has 1 aliphatic rings. The molecule has 0 atom stereocenters. The van der Waals surface area contributed by atoms with Gasteiger partial charge in [0.05, 0.1) is 6.61 Å². The molecule has 0 aromatic heterocycles. The highest BCUT2D eigenvalue weighted by Gasteiger charge is 2.33. The van der Waals surface area contributed by atoms with Crippen molar-refractivity contribution in [3.63, 3.8) is 0 Å². The first-order valence-electron chi connectivity index (χ1n) is 12.4. The van der Waals surface area contributed by atoms with Crippen molar-refractivity contribution in [1.29, 1.82) is 0 Å². The lowest BCUT2D eigenvalue weighted by Gasteiger charge is -2.42. The molecule has 0 unspecified atom stereocenters. The maximum atomic E-state index is 6.02. The number of piperidine rings is 1. The van der Waals surface area contributed by atoms with E-state index in [1.165, 1.54) is 22.2 Å². The lowest BCUT2D eigenvalue weighted by atomic mass is 9.78. The van der Waals surface area contributed by atoms with Gasteiger partial charge in [-0.3, -0.25) is 4.90 Å². The first-order valence-corrected chi connectivity index (χ1v) is 12.4. The molecule has 34 heavy (non-hydrogen) atoms. The highest BCUT2D eigenvalue weighted by molar-refractivity contribution is 5.95. The molecule has 1 aliphatic heterocycles. The number of hydrogen-bond donors (Lipinski definition) is 0. The van der Waals surface area contributed by atoms with Crippen LogP contribution in [0.5, 0.6) is 5.75 Å². The Morgan fingerprint density at radius 3 is 2.41 bits per heavy atom. The molecule has 0 radical (unpaired) electrons. The number of benzene rings is 3. The van der Waals surface area contributed by atoms with Gasteiger partial charge < -0.3 is 9.64 Å².